The molecule has 0 bridgehead atoms. The maximum Gasteiger partial charge on any atom is 0.0694 e. The van der Waals surface area contributed by atoms with E-state index in [1.54, 1.807) is 0 Å². The van der Waals surface area contributed by atoms with E-state index in [1.807, 2.05) is 7.05 Å². The van der Waals surface area contributed by atoms with Crippen molar-refractivity contribution >= 4 is 0 Å². The van der Waals surface area contributed by atoms with Crippen molar-refractivity contribution in [3.8, 4) is 0 Å². The molecule has 2 N–H and O–H groups in total. The quantitative estimate of drug-likeness (QED) is 0.742. The smallest absolute Gasteiger partial charge is 0.0694 e. The molecule has 15 heavy (non-hydrogen) atoms. The lowest BCUT2D eigenvalue weighted by Gasteiger charge is -2.40. The second-order valence-electron chi connectivity index (χ2n) is 5.12. The van der Waals surface area contributed by atoms with Crippen LogP contribution in [0.1, 0.15) is 38.5 Å². The van der Waals surface area contributed by atoms with Gasteiger partial charge >= 0.3 is 0 Å². The van der Waals surface area contributed by atoms with Crippen molar-refractivity contribution in [2.24, 2.45) is 5.92 Å². The SMILES string of the molecule is CNCC(O)C1CCOC2(CCCC2)C1. The number of nitrogens with one attached hydrogen (secondary N) is 1. The van der Waals surface area contributed by atoms with Crippen LogP contribution in [0, 0.1) is 5.92 Å². The third-order valence-electron chi connectivity index (χ3n) is 4.00. The summed E-state index contributed by atoms with van der Waals surface area (Å²) >= 11 is 0. The monoisotopic (exact) mass is 213 g/mol. The van der Waals surface area contributed by atoms with Crippen LogP contribution in [-0.2, 0) is 4.74 Å². The summed E-state index contributed by atoms with van der Waals surface area (Å²) in [6.45, 7) is 1.55. The molecule has 1 saturated carbocycles. The zero-order valence-corrected chi connectivity index (χ0v) is 9.67. The number of aliphatic hydroxyl groups is 1. The van der Waals surface area contributed by atoms with Crippen molar-refractivity contribution in [1.29, 1.82) is 0 Å². The van der Waals surface area contributed by atoms with Crippen molar-refractivity contribution in [2.75, 3.05) is 20.2 Å². The maximum absolute atomic E-state index is 10.00. The Bertz CT molecular complexity index is 202. The molecular formula is C12H23NO2. The van der Waals surface area contributed by atoms with E-state index in [0.29, 0.717) is 12.5 Å². The summed E-state index contributed by atoms with van der Waals surface area (Å²) in [5.74, 6) is 0.435. The molecule has 0 aromatic heterocycles. The fourth-order valence-electron chi connectivity index (χ4n) is 3.14. The molecule has 3 heteroatoms. The minimum atomic E-state index is -0.198. The maximum atomic E-state index is 10.00. The molecule has 1 aliphatic carbocycles. The molecule has 1 aliphatic heterocycles. The van der Waals surface area contributed by atoms with Crippen LogP contribution in [0.15, 0.2) is 0 Å². The first kappa shape index (κ1) is 11.4. The molecular weight excluding hydrogens is 190 g/mol. The average Bonchev–Trinajstić information content (AvgIpc) is 2.67. The molecule has 0 aromatic rings. The van der Waals surface area contributed by atoms with Gasteiger partial charge in [-0.2, -0.15) is 0 Å². The highest BCUT2D eigenvalue weighted by molar-refractivity contribution is 4.93. The van der Waals surface area contributed by atoms with E-state index < -0.39 is 0 Å². The molecule has 88 valence electrons. The van der Waals surface area contributed by atoms with Crippen molar-refractivity contribution < 1.29 is 9.84 Å². The van der Waals surface area contributed by atoms with Crippen LogP contribution >= 0.6 is 0 Å². The Morgan fingerprint density at radius 1 is 1.47 bits per heavy atom. The minimum absolute atomic E-state index is 0.137. The number of rotatable bonds is 3. The highest BCUT2D eigenvalue weighted by atomic mass is 16.5. The van der Waals surface area contributed by atoms with Crippen LogP contribution in [0.2, 0.25) is 0 Å². The third-order valence-corrected chi connectivity index (χ3v) is 4.00. The highest BCUT2D eigenvalue weighted by Gasteiger charge is 2.41. The fourth-order valence-corrected chi connectivity index (χ4v) is 3.14. The lowest BCUT2D eigenvalue weighted by atomic mass is 9.81. The van der Waals surface area contributed by atoms with Gasteiger partial charge in [-0.3, -0.25) is 0 Å². The average molecular weight is 213 g/mol. The van der Waals surface area contributed by atoms with Gasteiger partial charge in [0.25, 0.3) is 0 Å². The Balaban J connectivity index is 1.91. The Hall–Kier alpha value is -0.120. The summed E-state index contributed by atoms with van der Waals surface area (Å²) in [5, 5.41) is 13.1. The van der Waals surface area contributed by atoms with E-state index in [9.17, 15) is 5.11 Å². The number of hydrogen-bond donors (Lipinski definition) is 2. The topological polar surface area (TPSA) is 41.5 Å². The largest absolute Gasteiger partial charge is 0.392 e. The zero-order valence-electron chi connectivity index (χ0n) is 9.67. The second-order valence-corrected chi connectivity index (χ2v) is 5.12. The predicted molar refractivity (Wildman–Crippen MR) is 59.8 cm³/mol. The molecule has 2 rings (SSSR count). The normalized spacial score (nSPS) is 32.0. The second kappa shape index (κ2) is 4.81. The summed E-state index contributed by atoms with van der Waals surface area (Å²) in [7, 11) is 1.90. The van der Waals surface area contributed by atoms with Crippen LogP contribution in [0.3, 0.4) is 0 Å². The van der Waals surface area contributed by atoms with Gasteiger partial charge in [0.15, 0.2) is 0 Å². The molecule has 2 atom stereocenters. The van der Waals surface area contributed by atoms with E-state index in [1.165, 1.54) is 25.7 Å². The van der Waals surface area contributed by atoms with E-state index >= 15 is 0 Å². The van der Waals surface area contributed by atoms with Gasteiger partial charge in [-0.1, -0.05) is 12.8 Å². The van der Waals surface area contributed by atoms with Crippen LogP contribution in [0.25, 0.3) is 0 Å². The minimum Gasteiger partial charge on any atom is -0.392 e. The van der Waals surface area contributed by atoms with Gasteiger partial charge in [-0.25, -0.2) is 0 Å². The fraction of sp³-hybridized carbons (Fsp3) is 1.00. The molecule has 1 spiro atoms. The lowest BCUT2D eigenvalue weighted by molar-refractivity contribution is -0.112. The molecule has 1 heterocycles. The first-order valence-electron chi connectivity index (χ1n) is 6.22. The summed E-state index contributed by atoms with van der Waals surface area (Å²) < 4.78 is 5.95. The van der Waals surface area contributed by atoms with Gasteiger partial charge in [0.1, 0.15) is 0 Å². The molecule has 2 unspecified atom stereocenters. The number of likely N-dealkylation sites (N-methyl/N-ethyl adjacent to an activating group) is 1. The van der Waals surface area contributed by atoms with Crippen LogP contribution in [0.4, 0.5) is 0 Å². The van der Waals surface area contributed by atoms with Gasteiger partial charge in [0, 0.05) is 13.2 Å². The first-order chi connectivity index (χ1) is 7.26. The Morgan fingerprint density at radius 3 is 2.87 bits per heavy atom. The van der Waals surface area contributed by atoms with Gasteiger partial charge in [-0.05, 0) is 38.6 Å². The van der Waals surface area contributed by atoms with E-state index in [-0.39, 0.29) is 11.7 Å². The molecule has 0 radical (unpaired) electrons. The molecule has 1 saturated heterocycles. The summed E-state index contributed by atoms with van der Waals surface area (Å²) in [6, 6.07) is 0. The van der Waals surface area contributed by atoms with Crippen LogP contribution < -0.4 is 5.32 Å². The molecule has 0 amide bonds. The predicted octanol–water partition coefficient (Wildman–Crippen LogP) is 1.31. The first-order valence-corrected chi connectivity index (χ1v) is 6.22. The summed E-state index contributed by atoms with van der Waals surface area (Å²) in [6.07, 6.45) is 6.90. The Kier molecular flexibility index (Phi) is 3.65. The van der Waals surface area contributed by atoms with Crippen molar-refractivity contribution in [1.82, 2.24) is 5.32 Å². The van der Waals surface area contributed by atoms with E-state index in [2.05, 4.69) is 5.32 Å². The van der Waals surface area contributed by atoms with Crippen molar-refractivity contribution in [3.63, 3.8) is 0 Å². The lowest BCUT2D eigenvalue weighted by Crippen LogP contribution is -2.43. The third kappa shape index (κ3) is 2.52. The molecule has 0 aromatic carbocycles. The van der Waals surface area contributed by atoms with E-state index in [0.717, 1.165) is 19.4 Å². The Morgan fingerprint density at radius 2 is 2.20 bits per heavy atom. The van der Waals surface area contributed by atoms with Gasteiger partial charge in [0.05, 0.1) is 11.7 Å². The van der Waals surface area contributed by atoms with Crippen LogP contribution in [0.5, 0.6) is 0 Å². The Labute approximate surface area is 92.2 Å². The number of hydrogen-bond acceptors (Lipinski definition) is 3. The zero-order chi connectivity index (χ0) is 10.7. The molecule has 2 aliphatic rings. The summed E-state index contributed by atoms with van der Waals surface area (Å²) in [5.41, 5.74) is 0.137. The highest BCUT2D eigenvalue weighted by Crippen LogP contribution is 2.42. The number of ether oxygens (including phenoxy) is 1. The van der Waals surface area contributed by atoms with Gasteiger partial charge in [0.2, 0.25) is 0 Å². The summed E-state index contributed by atoms with van der Waals surface area (Å²) in [4.78, 5) is 0. The van der Waals surface area contributed by atoms with Gasteiger partial charge in [-0.15, -0.1) is 0 Å². The van der Waals surface area contributed by atoms with Gasteiger partial charge < -0.3 is 15.2 Å². The standard InChI is InChI=1S/C12H23NO2/c1-13-9-11(14)10-4-7-15-12(8-10)5-2-3-6-12/h10-11,13-14H,2-9H2,1H3. The number of aliphatic hydroxyl groups excluding tert-OH is 1. The van der Waals surface area contributed by atoms with E-state index in [4.69, 9.17) is 4.74 Å². The van der Waals surface area contributed by atoms with Crippen molar-refractivity contribution in [3.05, 3.63) is 0 Å². The van der Waals surface area contributed by atoms with Crippen molar-refractivity contribution in [2.45, 2.75) is 50.2 Å². The van der Waals surface area contributed by atoms with Crippen LogP contribution in [-0.4, -0.2) is 37.0 Å². The molecule has 3 nitrogen and oxygen atoms in total. The molecule has 2 fully saturated rings.